The molecule has 0 aromatic carbocycles. The Morgan fingerprint density at radius 2 is 1.43 bits per heavy atom. The molecule has 0 fully saturated rings. The smallest absolute Gasteiger partial charge is 0.318 e. The Balaban J connectivity index is 4.89. The van der Waals surface area contributed by atoms with Gasteiger partial charge in [-0.05, 0) is 34.6 Å². The molecule has 0 unspecified atom stereocenters. The van der Waals surface area contributed by atoms with Crippen LogP contribution in [0.5, 0.6) is 0 Å². The highest BCUT2D eigenvalue weighted by Crippen LogP contribution is 2.23. The fourth-order valence-corrected chi connectivity index (χ4v) is 0.815. The molecule has 0 aliphatic carbocycles. The van der Waals surface area contributed by atoms with Crippen LogP contribution < -0.4 is 0 Å². The van der Waals surface area contributed by atoms with Gasteiger partial charge in [-0.2, -0.15) is 0 Å². The summed E-state index contributed by atoms with van der Waals surface area (Å²) < 4.78 is 0. The van der Waals surface area contributed by atoms with Gasteiger partial charge in [0.2, 0.25) is 5.91 Å². The van der Waals surface area contributed by atoms with Gasteiger partial charge in [-0.3, -0.25) is 9.59 Å². The second-order valence-electron chi connectivity index (χ2n) is 4.97. The quantitative estimate of drug-likeness (QED) is 0.686. The van der Waals surface area contributed by atoms with E-state index in [1.807, 2.05) is 20.8 Å². The van der Waals surface area contributed by atoms with Crippen molar-refractivity contribution in [3.8, 4) is 0 Å². The predicted molar refractivity (Wildman–Crippen MR) is 53.9 cm³/mol. The first kappa shape index (κ1) is 12.9. The summed E-state index contributed by atoms with van der Waals surface area (Å²) in [5.74, 6) is -1.48. The van der Waals surface area contributed by atoms with Crippen LogP contribution in [0.25, 0.3) is 0 Å². The summed E-state index contributed by atoms with van der Waals surface area (Å²) in [5, 5.41) is 8.88. The molecule has 0 aromatic rings. The topological polar surface area (TPSA) is 57.6 Å². The summed E-state index contributed by atoms with van der Waals surface area (Å²) in [4.78, 5) is 24.1. The van der Waals surface area contributed by atoms with Gasteiger partial charge >= 0.3 is 5.97 Å². The van der Waals surface area contributed by atoms with Crippen molar-refractivity contribution in [1.29, 1.82) is 0 Å². The SMILES string of the molecule is CN(C(=O)C(C)(C)C(=O)O)C(C)(C)C. The number of carbonyl (C=O) groups is 2. The molecule has 4 nitrogen and oxygen atoms in total. The average Bonchev–Trinajstić information content (AvgIpc) is 1.99. The molecule has 0 heterocycles. The molecule has 0 saturated heterocycles. The zero-order chi connectivity index (χ0) is 11.7. The number of carboxylic acids is 1. The third-order valence-electron chi connectivity index (χ3n) is 2.38. The second-order valence-corrected chi connectivity index (χ2v) is 4.97. The summed E-state index contributed by atoms with van der Waals surface area (Å²) >= 11 is 0. The van der Waals surface area contributed by atoms with Crippen LogP contribution in [0.3, 0.4) is 0 Å². The first-order chi connectivity index (χ1) is 6.01. The van der Waals surface area contributed by atoms with Crippen molar-refractivity contribution >= 4 is 11.9 Å². The highest BCUT2D eigenvalue weighted by molar-refractivity contribution is 6.01. The number of nitrogens with zero attached hydrogens (tertiary/aromatic N) is 1. The van der Waals surface area contributed by atoms with Crippen molar-refractivity contribution in [2.75, 3.05) is 7.05 Å². The Morgan fingerprint density at radius 3 is 1.64 bits per heavy atom. The third-order valence-corrected chi connectivity index (χ3v) is 2.38. The van der Waals surface area contributed by atoms with Crippen LogP contribution in [-0.4, -0.2) is 34.5 Å². The van der Waals surface area contributed by atoms with E-state index in [-0.39, 0.29) is 11.4 Å². The number of amides is 1. The summed E-state index contributed by atoms with van der Waals surface area (Å²) in [7, 11) is 1.62. The van der Waals surface area contributed by atoms with E-state index >= 15 is 0 Å². The molecule has 82 valence electrons. The number of rotatable bonds is 2. The Labute approximate surface area is 84.9 Å². The van der Waals surface area contributed by atoms with Gasteiger partial charge in [-0.1, -0.05) is 0 Å². The molecule has 0 saturated carbocycles. The van der Waals surface area contributed by atoms with Crippen molar-refractivity contribution in [3.63, 3.8) is 0 Å². The molecular formula is C10H19NO3. The molecule has 0 aromatic heterocycles. The minimum absolute atomic E-state index is 0.357. The number of carbonyl (C=O) groups excluding carboxylic acids is 1. The first-order valence-corrected chi connectivity index (χ1v) is 4.53. The van der Waals surface area contributed by atoms with Crippen LogP contribution in [0.4, 0.5) is 0 Å². The van der Waals surface area contributed by atoms with Crippen LogP contribution >= 0.6 is 0 Å². The third kappa shape index (κ3) is 2.47. The Bertz CT molecular complexity index is 251. The van der Waals surface area contributed by atoms with Crippen molar-refractivity contribution < 1.29 is 14.7 Å². The van der Waals surface area contributed by atoms with Gasteiger partial charge in [0, 0.05) is 12.6 Å². The first-order valence-electron chi connectivity index (χ1n) is 4.53. The molecule has 0 atom stereocenters. The maximum Gasteiger partial charge on any atom is 0.318 e. The normalized spacial score (nSPS) is 12.4. The van der Waals surface area contributed by atoms with Crippen molar-refractivity contribution in [2.24, 2.45) is 5.41 Å². The van der Waals surface area contributed by atoms with E-state index in [4.69, 9.17) is 5.11 Å². The van der Waals surface area contributed by atoms with E-state index in [0.717, 1.165) is 0 Å². The molecule has 0 radical (unpaired) electrons. The highest BCUT2D eigenvalue weighted by atomic mass is 16.4. The van der Waals surface area contributed by atoms with Crippen LogP contribution in [0.2, 0.25) is 0 Å². The molecule has 0 aliphatic heterocycles. The van der Waals surface area contributed by atoms with Crippen LogP contribution in [-0.2, 0) is 9.59 Å². The van der Waals surface area contributed by atoms with Crippen molar-refractivity contribution in [2.45, 2.75) is 40.2 Å². The number of hydrogen-bond acceptors (Lipinski definition) is 2. The largest absolute Gasteiger partial charge is 0.480 e. The van der Waals surface area contributed by atoms with E-state index in [0.29, 0.717) is 0 Å². The summed E-state index contributed by atoms with van der Waals surface area (Å²) in [6.07, 6.45) is 0. The van der Waals surface area contributed by atoms with Gasteiger partial charge in [0.1, 0.15) is 5.41 Å². The fourth-order valence-electron chi connectivity index (χ4n) is 0.815. The van der Waals surface area contributed by atoms with Crippen molar-refractivity contribution in [3.05, 3.63) is 0 Å². The van der Waals surface area contributed by atoms with Crippen LogP contribution in [0, 0.1) is 5.41 Å². The Hall–Kier alpha value is -1.06. The van der Waals surface area contributed by atoms with Crippen LogP contribution in [0.15, 0.2) is 0 Å². The fraction of sp³-hybridized carbons (Fsp3) is 0.800. The standard InChI is InChI=1S/C10H19NO3/c1-9(2,3)11(6)7(12)10(4,5)8(13)14/h1-6H3,(H,13,14). The number of aliphatic carboxylic acids is 1. The lowest BCUT2D eigenvalue weighted by Gasteiger charge is -2.36. The Morgan fingerprint density at radius 1 is 1.07 bits per heavy atom. The van der Waals surface area contributed by atoms with E-state index in [1.54, 1.807) is 7.05 Å². The Kier molecular flexibility index (Phi) is 3.32. The van der Waals surface area contributed by atoms with E-state index in [2.05, 4.69) is 0 Å². The molecule has 14 heavy (non-hydrogen) atoms. The maximum atomic E-state index is 11.8. The van der Waals surface area contributed by atoms with Crippen molar-refractivity contribution in [1.82, 2.24) is 4.90 Å². The van der Waals surface area contributed by atoms with Gasteiger partial charge in [0.25, 0.3) is 0 Å². The monoisotopic (exact) mass is 201 g/mol. The minimum atomic E-state index is -1.36. The summed E-state index contributed by atoms with van der Waals surface area (Å²) in [5.41, 5.74) is -1.72. The summed E-state index contributed by atoms with van der Waals surface area (Å²) in [6.45, 7) is 8.42. The molecular weight excluding hydrogens is 182 g/mol. The van der Waals surface area contributed by atoms with E-state index in [9.17, 15) is 9.59 Å². The molecule has 4 heteroatoms. The van der Waals surface area contributed by atoms with Gasteiger partial charge in [0.05, 0.1) is 0 Å². The summed E-state index contributed by atoms with van der Waals surface area (Å²) in [6, 6.07) is 0. The van der Waals surface area contributed by atoms with Gasteiger partial charge in [-0.25, -0.2) is 0 Å². The number of hydrogen-bond donors (Lipinski definition) is 1. The van der Waals surface area contributed by atoms with Gasteiger partial charge in [0.15, 0.2) is 0 Å². The lowest BCUT2D eigenvalue weighted by Crippen LogP contribution is -2.50. The minimum Gasteiger partial charge on any atom is -0.480 e. The molecule has 1 amide bonds. The lowest BCUT2D eigenvalue weighted by atomic mass is 9.90. The predicted octanol–water partition coefficient (Wildman–Crippen LogP) is 1.35. The second kappa shape index (κ2) is 3.59. The highest BCUT2D eigenvalue weighted by Gasteiger charge is 2.40. The van der Waals surface area contributed by atoms with Crippen LogP contribution in [0.1, 0.15) is 34.6 Å². The molecule has 0 rings (SSSR count). The maximum absolute atomic E-state index is 11.8. The van der Waals surface area contributed by atoms with E-state index < -0.39 is 11.4 Å². The van der Waals surface area contributed by atoms with Gasteiger partial charge in [-0.15, -0.1) is 0 Å². The number of carboxylic acid groups (broad SMARTS) is 1. The zero-order valence-corrected chi connectivity index (χ0v) is 9.71. The lowest BCUT2D eigenvalue weighted by molar-refractivity contribution is -0.159. The molecule has 1 N–H and O–H groups in total. The zero-order valence-electron chi connectivity index (χ0n) is 9.71. The molecule has 0 aliphatic rings. The van der Waals surface area contributed by atoms with Gasteiger partial charge < -0.3 is 10.0 Å². The average molecular weight is 201 g/mol. The molecule has 0 spiro atoms. The van der Waals surface area contributed by atoms with E-state index in [1.165, 1.54) is 18.7 Å². The molecule has 0 bridgehead atoms.